The molecule has 0 radical (unpaired) electrons. The van der Waals surface area contributed by atoms with Crippen molar-refractivity contribution >= 4 is 18.0 Å². The second-order valence-corrected chi connectivity index (χ2v) is 7.78. The largest absolute Gasteiger partial charge is 0.493 e. The van der Waals surface area contributed by atoms with Crippen molar-refractivity contribution in [2.75, 3.05) is 76.0 Å². The highest BCUT2D eigenvalue weighted by Gasteiger charge is 2.21. The van der Waals surface area contributed by atoms with E-state index >= 15 is 0 Å². The van der Waals surface area contributed by atoms with Gasteiger partial charge in [0, 0.05) is 19.2 Å². The van der Waals surface area contributed by atoms with Crippen molar-refractivity contribution in [2.45, 2.75) is 0 Å². The van der Waals surface area contributed by atoms with Crippen LogP contribution in [0.3, 0.4) is 0 Å². The first-order chi connectivity index (χ1) is 18.3. The summed E-state index contributed by atoms with van der Waals surface area (Å²) in [5.74, 6) is 1.34. The van der Waals surface area contributed by atoms with E-state index < -0.39 is 11.9 Å². The number of carbonyl (C=O) groups excluding carboxylic acids is 2. The SMILES string of the molecule is COc1cc(/C=C/C(=O)OCCN(C)CCOC(=O)c2ccc(OC)c(OC)c2OC)cc(OC)c1OC. The van der Waals surface area contributed by atoms with Gasteiger partial charge in [-0.25, -0.2) is 9.59 Å². The van der Waals surface area contributed by atoms with Gasteiger partial charge >= 0.3 is 11.9 Å². The molecule has 11 heteroatoms. The Balaban J connectivity index is 1.81. The molecule has 0 fully saturated rings. The summed E-state index contributed by atoms with van der Waals surface area (Å²) in [4.78, 5) is 26.6. The van der Waals surface area contributed by atoms with E-state index in [1.54, 1.807) is 30.3 Å². The average Bonchev–Trinajstić information content (AvgIpc) is 2.94. The van der Waals surface area contributed by atoms with E-state index in [1.807, 2.05) is 11.9 Å². The number of esters is 2. The van der Waals surface area contributed by atoms with Gasteiger partial charge in [-0.3, -0.25) is 4.90 Å². The molecule has 38 heavy (non-hydrogen) atoms. The molecule has 0 spiro atoms. The quantitative estimate of drug-likeness (QED) is 0.249. The third-order valence-corrected chi connectivity index (χ3v) is 5.45. The maximum absolute atomic E-state index is 12.6. The van der Waals surface area contributed by atoms with Crippen LogP contribution in [0.5, 0.6) is 34.5 Å². The molecular formula is C27H35NO10. The third kappa shape index (κ3) is 7.94. The van der Waals surface area contributed by atoms with Gasteiger partial charge < -0.3 is 37.9 Å². The Morgan fingerprint density at radius 2 is 1.26 bits per heavy atom. The lowest BCUT2D eigenvalue weighted by molar-refractivity contribution is -0.138. The topological polar surface area (TPSA) is 111 Å². The van der Waals surface area contributed by atoms with Gasteiger partial charge in [0.2, 0.25) is 11.5 Å². The molecule has 0 amide bonds. The molecule has 0 heterocycles. The molecule has 0 N–H and O–H groups in total. The minimum absolute atomic E-state index is 0.127. The zero-order valence-electron chi connectivity index (χ0n) is 22.8. The molecule has 0 saturated heterocycles. The van der Waals surface area contributed by atoms with Gasteiger partial charge in [0.15, 0.2) is 23.0 Å². The fourth-order valence-electron chi connectivity index (χ4n) is 3.46. The number of likely N-dealkylation sites (N-methyl/N-ethyl adjacent to an activating group) is 1. The second kappa shape index (κ2) is 15.2. The molecule has 11 nitrogen and oxygen atoms in total. The fraction of sp³-hybridized carbons (Fsp3) is 0.407. The zero-order valence-corrected chi connectivity index (χ0v) is 22.8. The molecule has 0 aliphatic carbocycles. The van der Waals surface area contributed by atoms with Crippen molar-refractivity contribution in [3.8, 4) is 34.5 Å². The molecular weight excluding hydrogens is 498 g/mol. The van der Waals surface area contributed by atoms with E-state index in [0.717, 1.165) is 0 Å². The summed E-state index contributed by atoms with van der Waals surface area (Å²) < 4.78 is 42.4. The van der Waals surface area contributed by atoms with Crippen molar-refractivity contribution in [3.63, 3.8) is 0 Å². The number of benzene rings is 2. The van der Waals surface area contributed by atoms with E-state index in [4.69, 9.17) is 37.9 Å². The lowest BCUT2D eigenvalue weighted by atomic mass is 10.1. The van der Waals surface area contributed by atoms with Crippen LogP contribution in [0.4, 0.5) is 0 Å². The number of nitrogens with zero attached hydrogens (tertiary/aromatic N) is 1. The highest BCUT2D eigenvalue weighted by Crippen LogP contribution is 2.40. The first-order valence-corrected chi connectivity index (χ1v) is 11.6. The number of ether oxygens (including phenoxy) is 8. The number of hydrogen-bond donors (Lipinski definition) is 0. The Labute approximate surface area is 222 Å². The van der Waals surface area contributed by atoms with Crippen LogP contribution in [-0.4, -0.2) is 92.8 Å². The standard InChI is InChI=1S/C27H35NO10/c1-28(13-15-38-27(30)19-9-10-20(31-2)26(36-7)24(19)34-5)12-14-37-23(29)11-8-18-16-21(32-3)25(35-6)22(17-18)33-4/h8-11,16-17H,12-15H2,1-7H3/b11-8+. The second-order valence-electron chi connectivity index (χ2n) is 7.78. The van der Waals surface area contributed by atoms with Crippen LogP contribution in [0, 0.1) is 0 Å². The van der Waals surface area contributed by atoms with Crippen molar-refractivity contribution < 1.29 is 47.5 Å². The van der Waals surface area contributed by atoms with Gasteiger partial charge in [-0.2, -0.15) is 0 Å². The molecule has 0 bridgehead atoms. The van der Waals surface area contributed by atoms with Gasteiger partial charge in [-0.1, -0.05) is 0 Å². The predicted octanol–water partition coefficient (Wildman–Crippen LogP) is 3.08. The molecule has 0 saturated carbocycles. The summed E-state index contributed by atoms with van der Waals surface area (Å²) in [5.41, 5.74) is 0.905. The summed E-state index contributed by atoms with van der Waals surface area (Å²) in [6.07, 6.45) is 2.91. The first kappa shape index (κ1) is 30.1. The lowest BCUT2D eigenvalue weighted by Crippen LogP contribution is -2.28. The molecule has 0 unspecified atom stereocenters. The highest BCUT2D eigenvalue weighted by molar-refractivity contribution is 5.94. The Kier molecular flexibility index (Phi) is 12.0. The van der Waals surface area contributed by atoms with Crippen molar-refractivity contribution in [3.05, 3.63) is 41.5 Å². The van der Waals surface area contributed by atoms with Crippen LogP contribution in [-0.2, 0) is 14.3 Å². The molecule has 208 valence electrons. The monoisotopic (exact) mass is 533 g/mol. The van der Waals surface area contributed by atoms with Crippen LogP contribution in [0.2, 0.25) is 0 Å². The summed E-state index contributed by atoms with van der Waals surface area (Å²) in [5, 5.41) is 0. The maximum atomic E-state index is 12.6. The minimum atomic E-state index is -0.556. The number of carbonyl (C=O) groups is 2. The summed E-state index contributed by atoms with van der Waals surface area (Å²) >= 11 is 0. The van der Waals surface area contributed by atoms with Gasteiger partial charge in [0.05, 0.1) is 42.7 Å². The Hall–Kier alpha value is -4.12. The maximum Gasteiger partial charge on any atom is 0.342 e. The Morgan fingerprint density at radius 3 is 1.79 bits per heavy atom. The summed E-state index contributed by atoms with van der Waals surface area (Å²) in [7, 11) is 10.8. The van der Waals surface area contributed by atoms with Gasteiger partial charge in [0.25, 0.3) is 0 Å². The van der Waals surface area contributed by atoms with E-state index in [9.17, 15) is 9.59 Å². The predicted molar refractivity (Wildman–Crippen MR) is 140 cm³/mol. The molecule has 2 rings (SSSR count). The smallest absolute Gasteiger partial charge is 0.342 e. The summed E-state index contributed by atoms with van der Waals surface area (Å²) in [6.45, 7) is 1.16. The van der Waals surface area contributed by atoms with E-state index in [2.05, 4.69) is 0 Å². The van der Waals surface area contributed by atoms with E-state index in [0.29, 0.717) is 47.4 Å². The zero-order chi connectivity index (χ0) is 28.1. The van der Waals surface area contributed by atoms with E-state index in [-0.39, 0.29) is 24.5 Å². The Morgan fingerprint density at radius 1 is 0.711 bits per heavy atom. The number of methoxy groups -OCH3 is 6. The highest BCUT2D eigenvalue weighted by atomic mass is 16.6. The first-order valence-electron chi connectivity index (χ1n) is 11.6. The van der Waals surface area contributed by atoms with Gasteiger partial charge in [-0.15, -0.1) is 0 Å². The van der Waals surface area contributed by atoms with Crippen molar-refractivity contribution in [1.29, 1.82) is 0 Å². The molecule has 0 aliphatic rings. The fourth-order valence-corrected chi connectivity index (χ4v) is 3.46. The van der Waals surface area contributed by atoms with Crippen molar-refractivity contribution in [2.24, 2.45) is 0 Å². The van der Waals surface area contributed by atoms with Crippen LogP contribution in [0.1, 0.15) is 15.9 Å². The molecule has 0 atom stereocenters. The molecule has 2 aromatic rings. The van der Waals surface area contributed by atoms with Crippen LogP contribution in [0.15, 0.2) is 30.3 Å². The molecule has 0 aliphatic heterocycles. The van der Waals surface area contributed by atoms with Gasteiger partial charge in [-0.05, 0) is 43.0 Å². The molecule has 0 aromatic heterocycles. The number of rotatable bonds is 15. The van der Waals surface area contributed by atoms with Crippen LogP contribution in [0.25, 0.3) is 6.08 Å². The molecule has 2 aromatic carbocycles. The van der Waals surface area contributed by atoms with E-state index in [1.165, 1.54) is 48.7 Å². The lowest BCUT2D eigenvalue weighted by Gasteiger charge is -2.17. The van der Waals surface area contributed by atoms with Crippen molar-refractivity contribution in [1.82, 2.24) is 4.90 Å². The Bertz CT molecular complexity index is 1090. The normalized spacial score (nSPS) is 10.7. The van der Waals surface area contributed by atoms with Crippen LogP contribution < -0.4 is 28.4 Å². The minimum Gasteiger partial charge on any atom is -0.493 e. The summed E-state index contributed by atoms with van der Waals surface area (Å²) in [6, 6.07) is 6.60. The average molecular weight is 534 g/mol. The van der Waals surface area contributed by atoms with Gasteiger partial charge in [0.1, 0.15) is 18.8 Å². The van der Waals surface area contributed by atoms with Crippen LogP contribution >= 0.6 is 0 Å². The number of hydrogen-bond acceptors (Lipinski definition) is 11. The third-order valence-electron chi connectivity index (χ3n) is 5.45.